The number of ether oxygens (including phenoxy) is 1. The highest BCUT2D eigenvalue weighted by Gasteiger charge is 2.39. The van der Waals surface area contributed by atoms with Crippen LogP contribution in [0.3, 0.4) is 0 Å². The smallest absolute Gasteiger partial charge is 0.274 e. The molecular weight excluding hydrogens is 420 g/mol. The Morgan fingerprint density at radius 1 is 1.38 bits per heavy atom. The summed E-state index contributed by atoms with van der Waals surface area (Å²) in [7, 11) is 1.45. The summed E-state index contributed by atoms with van der Waals surface area (Å²) in [6, 6.07) is 2.61. The van der Waals surface area contributed by atoms with Gasteiger partial charge in [-0.2, -0.15) is 0 Å². The van der Waals surface area contributed by atoms with E-state index in [0.717, 1.165) is 11.8 Å². The number of nitrogens with zero attached hydrogens (tertiary/aromatic N) is 2. The van der Waals surface area contributed by atoms with Crippen molar-refractivity contribution in [2.75, 3.05) is 31.7 Å². The van der Waals surface area contributed by atoms with E-state index in [-0.39, 0.29) is 52.8 Å². The first-order valence-corrected chi connectivity index (χ1v) is 10.6. The van der Waals surface area contributed by atoms with Crippen LogP contribution in [0.4, 0.5) is 0 Å². The minimum atomic E-state index is -1.15. The van der Waals surface area contributed by atoms with Gasteiger partial charge in [-0.25, -0.2) is 4.98 Å². The number of aromatic nitrogens is 1. The predicted octanol–water partition coefficient (Wildman–Crippen LogP) is 0.434. The molecule has 1 atom stereocenters. The van der Waals surface area contributed by atoms with Crippen LogP contribution in [-0.2, 0) is 9.59 Å². The van der Waals surface area contributed by atoms with Crippen LogP contribution in [0.25, 0.3) is 0 Å². The third kappa shape index (κ3) is 6.22. The van der Waals surface area contributed by atoms with Crippen molar-refractivity contribution in [3.05, 3.63) is 22.8 Å². The second-order valence-corrected chi connectivity index (χ2v) is 8.22. The van der Waals surface area contributed by atoms with E-state index in [0.29, 0.717) is 13.1 Å². The number of hydrogen-bond acceptors (Lipinski definition) is 7. The van der Waals surface area contributed by atoms with Crippen LogP contribution >= 0.6 is 23.4 Å². The number of nitrogens with one attached hydrogen (secondary N) is 1. The van der Waals surface area contributed by atoms with E-state index in [1.165, 1.54) is 7.11 Å². The summed E-state index contributed by atoms with van der Waals surface area (Å²) in [5.74, 6) is -0.690. The number of pyridine rings is 1. The van der Waals surface area contributed by atoms with Crippen molar-refractivity contribution in [3.63, 3.8) is 0 Å². The molecule has 1 aromatic heterocycles. The molecule has 1 unspecified atom stereocenters. The molecule has 1 aromatic rings. The Labute approximate surface area is 178 Å². The fraction of sp³-hybridized carbons (Fsp3) is 0.556. The second-order valence-electron chi connectivity index (χ2n) is 6.83. The Morgan fingerprint density at radius 2 is 2.03 bits per heavy atom. The fourth-order valence-electron chi connectivity index (χ4n) is 3.03. The van der Waals surface area contributed by atoms with Gasteiger partial charge >= 0.3 is 0 Å². The van der Waals surface area contributed by atoms with Crippen molar-refractivity contribution in [1.29, 1.82) is 0 Å². The number of primary amides is 1. The molecule has 2 heterocycles. The minimum absolute atomic E-state index is 0.0595. The molecule has 0 aromatic carbocycles. The van der Waals surface area contributed by atoms with E-state index in [1.54, 1.807) is 24.0 Å². The maximum absolute atomic E-state index is 12.8. The van der Waals surface area contributed by atoms with E-state index in [9.17, 15) is 19.5 Å². The third-order valence-electron chi connectivity index (χ3n) is 4.81. The second kappa shape index (κ2) is 10.1. The lowest BCUT2D eigenvalue weighted by Crippen LogP contribution is -2.57. The van der Waals surface area contributed by atoms with E-state index in [4.69, 9.17) is 22.1 Å². The maximum Gasteiger partial charge on any atom is 0.274 e. The zero-order valence-corrected chi connectivity index (χ0v) is 17.9. The highest BCUT2D eigenvalue weighted by Crippen LogP contribution is 2.28. The number of carbonyl (C=O) groups excluding carboxylic acids is 3. The van der Waals surface area contributed by atoms with Gasteiger partial charge in [0.25, 0.3) is 5.91 Å². The topological polar surface area (TPSA) is 135 Å². The summed E-state index contributed by atoms with van der Waals surface area (Å²) in [5, 5.41) is 13.9. The van der Waals surface area contributed by atoms with E-state index >= 15 is 0 Å². The highest BCUT2D eigenvalue weighted by atomic mass is 35.5. The molecule has 11 heteroatoms. The van der Waals surface area contributed by atoms with Crippen LogP contribution in [0.15, 0.2) is 12.1 Å². The van der Waals surface area contributed by atoms with Crippen LogP contribution in [0.2, 0.25) is 5.02 Å². The van der Waals surface area contributed by atoms with Crippen molar-refractivity contribution < 1.29 is 24.2 Å². The molecule has 0 radical (unpaired) electrons. The Kier molecular flexibility index (Phi) is 8.12. The summed E-state index contributed by atoms with van der Waals surface area (Å²) in [6.45, 7) is 2.30. The average Bonchev–Trinajstić information content (AvgIpc) is 2.68. The van der Waals surface area contributed by atoms with Crippen LogP contribution in [0.1, 0.15) is 30.3 Å². The molecule has 0 spiro atoms. The van der Waals surface area contributed by atoms with Gasteiger partial charge in [-0.15, -0.1) is 11.8 Å². The van der Waals surface area contributed by atoms with Crippen molar-refractivity contribution >= 4 is 41.1 Å². The summed E-state index contributed by atoms with van der Waals surface area (Å²) in [6.07, 6.45) is 0.576. The molecule has 160 valence electrons. The molecule has 1 fully saturated rings. The number of likely N-dealkylation sites (tertiary alicyclic amines) is 1. The molecule has 0 bridgehead atoms. The summed E-state index contributed by atoms with van der Waals surface area (Å²) in [4.78, 5) is 41.1. The van der Waals surface area contributed by atoms with Crippen molar-refractivity contribution in [2.45, 2.75) is 31.4 Å². The molecule has 1 aliphatic rings. The number of amides is 3. The monoisotopic (exact) mass is 444 g/mol. The van der Waals surface area contributed by atoms with Crippen molar-refractivity contribution in [1.82, 2.24) is 15.2 Å². The van der Waals surface area contributed by atoms with Crippen molar-refractivity contribution in [3.8, 4) is 5.88 Å². The Hall–Kier alpha value is -2.04. The summed E-state index contributed by atoms with van der Waals surface area (Å²) in [5.41, 5.74) is 3.99. The number of piperidine rings is 1. The van der Waals surface area contributed by atoms with Gasteiger partial charge in [-0.05, 0) is 25.8 Å². The lowest BCUT2D eigenvalue weighted by atomic mass is 9.85. The van der Waals surface area contributed by atoms with Crippen LogP contribution in [0, 0.1) is 0 Å². The quantitative estimate of drug-likeness (QED) is 0.529. The number of methoxy groups -OCH3 is 1. The number of halogens is 1. The lowest BCUT2D eigenvalue weighted by molar-refractivity contribution is -0.122. The number of aliphatic hydroxyl groups is 1. The normalized spacial score (nSPS) is 16.8. The molecule has 9 nitrogen and oxygen atoms in total. The van der Waals surface area contributed by atoms with Gasteiger partial charge in [0.1, 0.15) is 0 Å². The molecular formula is C18H25ClN4O5S. The molecule has 1 aliphatic heterocycles. The highest BCUT2D eigenvalue weighted by molar-refractivity contribution is 8.00. The average molecular weight is 445 g/mol. The molecule has 4 N–H and O–H groups in total. The van der Waals surface area contributed by atoms with Gasteiger partial charge in [0.2, 0.25) is 17.7 Å². The first kappa shape index (κ1) is 23.2. The molecule has 0 aliphatic carbocycles. The van der Waals surface area contributed by atoms with Gasteiger partial charge in [0.15, 0.2) is 5.69 Å². The standard InChI is InChI=1S/C18H25ClN4O5S/c1-11(21-14(25)10-29-9-13(20)24)18(27)5-7-23(8-6-18)17(26)16-12(19)3-4-15(22-16)28-2/h3-4,11,27H,5-10H2,1-2H3,(H2,20,24)(H,21,25). The Bertz CT molecular complexity index is 771. The predicted molar refractivity (Wildman–Crippen MR) is 110 cm³/mol. The number of nitrogens with two attached hydrogens (primary N) is 1. The molecule has 0 saturated carbocycles. The third-order valence-corrected chi connectivity index (χ3v) is 6.07. The SMILES string of the molecule is COc1ccc(Cl)c(C(=O)N2CCC(O)(C(C)NC(=O)CSCC(N)=O)CC2)n1. The number of thioether (sulfide) groups is 1. The molecule has 2 rings (SSSR count). The Morgan fingerprint density at radius 3 is 2.62 bits per heavy atom. The zero-order chi connectivity index (χ0) is 21.6. The molecule has 29 heavy (non-hydrogen) atoms. The number of rotatable bonds is 8. The molecule has 3 amide bonds. The number of hydrogen-bond donors (Lipinski definition) is 3. The Balaban J connectivity index is 1.92. The fourth-order valence-corrected chi connectivity index (χ4v) is 3.79. The van der Waals surface area contributed by atoms with Gasteiger partial charge in [0, 0.05) is 19.2 Å². The van der Waals surface area contributed by atoms with Gasteiger partial charge < -0.3 is 25.8 Å². The lowest BCUT2D eigenvalue weighted by Gasteiger charge is -2.41. The van der Waals surface area contributed by atoms with Gasteiger partial charge in [0.05, 0.1) is 35.3 Å². The first-order valence-electron chi connectivity index (χ1n) is 9.04. The number of carbonyl (C=O) groups is 3. The van der Waals surface area contributed by atoms with Crippen LogP contribution in [0.5, 0.6) is 5.88 Å². The maximum atomic E-state index is 12.8. The van der Waals surface area contributed by atoms with E-state index < -0.39 is 17.6 Å². The largest absolute Gasteiger partial charge is 0.481 e. The van der Waals surface area contributed by atoms with E-state index in [2.05, 4.69) is 10.3 Å². The molecule has 1 saturated heterocycles. The van der Waals surface area contributed by atoms with Gasteiger partial charge in [-0.3, -0.25) is 14.4 Å². The van der Waals surface area contributed by atoms with Crippen LogP contribution in [-0.4, -0.2) is 76.1 Å². The van der Waals surface area contributed by atoms with Crippen LogP contribution < -0.4 is 15.8 Å². The van der Waals surface area contributed by atoms with Gasteiger partial charge in [-0.1, -0.05) is 11.6 Å². The first-order chi connectivity index (χ1) is 13.7. The zero-order valence-electron chi connectivity index (χ0n) is 16.3. The summed E-state index contributed by atoms with van der Waals surface area (Å²) < 4.78 is 5.04. The van der Waals surface area contributed by atoms with Crippen molar-refractivity contribution in [2.24, 2.45) is 5.73 Å². The summed E-state index contributed by atoms with van der Waals surface area (Å²) >= 11 is 7.21. The van der Waals surface area contributed by atoms with E-state index in [1.807, 2.05) is 0 Å². The minimum Gasteiger partial charge on any atom is -0.481 e.